The molecular formula is C5H6I2O2. The Hall–Kier alpha value is 0.800. The third-order valence-corrected chi connectivity index (χ3v) is 3.92. The molecule has 0 amide bonds. The molecule has 0 heterocycles. The Kier molecular flexibility index (Phi) is 3.56. The van der Waals surface area contributed by atoms with E-state index in [9.17, 15) is 9.59 Å². The summed E-state index contributed by atoms with van der Waals surface area (Å²) in [6.45, 7) is 2.83. The monoisotopic (exact) mass is 352 g/mol. The van der Waals surface area contributed by atoms with Crippen molar-refractivity contribution in [1.29, 1.82) is 0 Å². The van der Waals surface area contributed by atoms with E-state index in [1.807, 2.05) is 45.2 Å². The van der Waals surface area contributed by atoms with Gasteiger partial charge < -0.3 is 0 Å². The molecule has 0 fully saturated rings. The summed E-state index contributed by atoms with van der Waals surface area (Å²) >= 11 is 3.69. The van der Waals surface area contributed by atoms with Gasteiger partial charge in [-0.1, -0.05) is 0 Å². The highest BCUT2D eigenvalue weighted by Gasteiger charge is 2.33. The van der Waals surface area contributed by atoms with Gasteiger partial charge >= 0.3 is 0 Å². The molecule has 0 spiro atoms. The molecule has 0 N–H and O–H groups in total. The molecular weight excluding hydrogens is 346 g/mol. The second kappa shape index (κ2) is 3.27. The molecule has 0 bridgehead atoms. The maximum atomic E-state index is 10.7. The van der Waals surface area contributed by atoms with Gasteiger partial charge in [0.25, 0.3) is 0 Å². The van der Waals surface area contributed by atoms with Crippen LogP contribution in [0.25, 0.3) is 0 Å². The molecule has 0 aromatic carbocycles. The van der Waals surface area contributed by atoms with Crippen LogP contribution in [-0.2, 0) is 9.59 Å². The van der Waals surface area contributed by atoms with Crippen LogP contribution in [0.2, 0.25) is 0 Å². The third-order valence-electron chi connectivity index (χ3n) is 0.884. The fourth-order valence-electron chi connectivity index (χ4n) is 0.248. The zero-order valence-electron chi connectivity index (χ0n) is 5.07. The van der Waals surface area contributed by atoms with E-state index in [1.165, 1.54) is 13.8 Å². The lowest BCUT2D eigenvalue weighted by molar-refractivity contribution is -0.123. The molecule has 0 aliphatic heterocycles. The first kappa shape index (κ1) is 9.80. The summed E-state index contributed by atoms with van der Waals surface area (Å²) in [6, 6.07) is 0. The lowest BCUT2D eigenvalue weighted by Crippen LogP contribution is -2.29. The average Bonchev–Trinajstić information content (AvgIpc) is 1.65. The summed E-state index contributed by atoms with van der Waals surface area (Å²) in [5, 5.41) is 0. The Bertz CT molecular complexity index is 135. The lowest BCUT2D eigenvalue weighted by atomic mass is 10.2. The van der Waals surface area contributed by atoms with E-state index < -0.39 is 1.43 Å². The maximum Gasteiger partial charge on any atom is 0.188 e. The van der Waals surface area contributed by atoms with E-state index in [2.05, 4.69) is 0 Å². The number of carbonyl (C=O) groups excluding carboxylic acids is 2. The number of halogens is 2. The minimum atomic E-state index is -0.838. The first-order valence-corrected chi connectivity index (χ1v) is 4.44. The van der Waals surface area contributed by atoms with Crippen LogP contribution in [0.5, 0.6) is 0 Å². The molecule has 4 heteroatoms. The molecule has 0 atom stereocenters. The summed E-state index contributed by atoms with van der Waals surface area (Å²) in [5.74, 6) is -0.201. The molecule has 0 radical (unpaired) electrons. The second-order valence-electron chi connectivity index (χ2n) is 1.69. The number of Topliss-reactive ketones (excluding diaryl/α,β-unsaturated/α-hetero) is 2. The number of hydrogen-bond donors (Lipinski definition) is 0. The molecule has 52 valence electrons. The van der Waals surface area contributed by atoms with Gasteiger partial charge in [0.15, 0.2) is 13.0 Å². The highest BCUT2D eigenvalue weighted by molar-refractivity contribution is 14.2. The fourth-order valence-corrected chi connectivity index (χ4v) is 0.248. The van der Waals surface area contributed by atoms with Gasteiger partial charge in [0.2, 0.25) is 0 Å². The predicted molar refractivity (Wildman–Crippen MR) is 52.1 cm³/mol. The van der Waals surface area contributed by atoms with Crippen LogP contribution in [0.3, 0.4) is 0 Å². The molecule has 0 aliphatic rings. The van der Waals surface area contributed by atoms with Crippen molar-refractivity contribution < 1.29 is 9.59 Å². The number of ketones is 2. The molecule has 0 unspecified atom stereocenters. The van der Waals surface area contributed by atoms with Gasteiger partial charge in [-0.2, -0.15) is 0 Å². The van der Waals surface area contributed by atoms with Gasteiger partial charge in [-0.3, -0.25) is 9.59 Å². The van der Waals surface area contributed by atoms with Crippen molar-refractivity contribution in [2.75, 3.05) is 0 Å². The van der Waals surface area contributed by atoms with E-state index >= 15 is 0 Å². The Labute approximate surface area is 81.0 Å². The first-order chi connectivity index (χ1) is 3.89. The van der Waals surface area contributed by atoms with Crippen LogP contribution >= 0.6 is 45.2 Å². The van der Waals surface area contributed by atoms with Gasteiger partial charge in [-0.15, -0.1) is 0 Å². The molecule has 0 aliphatic carbocycles. The van der Waals surface area contributed by atoms with Crippen molar-refractivity contribution in [2.45, 2.75) is 15.3 Å². The number of rotatable bonds is 2. The van der Waals surface area contributed by atoms with Crippen molar-refractivity contribution in [3.05, 3.63) is 0 Å². The van der Waals surface area contributed by atoms with Gasteiger partial charge in [-0.25, -0.2) is 0 Å². The van der Waals surface area contributed by atoms with Crippen LogP contribution in [-0.4, -0.2) is 13.0 Å². The van der Waals surface area contributed by atoms with Crippen molar-refractivity contribution in [1.82, 2.24) is 0 Å². The van der Waals surface area contributed by atoms with Crippen LogP contribution < -0.4 is 0 Å². The topological polar surface area (TPSA) is 34.1 Å². The SMILES string of the molecule is CC(=O)C(I)(I)C(C)=O. The Morgan fingerprint density at radius 1 is 1.11 bits per heavy atom. The molecule has 0 saturated carbocycles. The molecule has 0 aromatic heterocycles. The molecule has 0 aromatic rings. The maximum absolute atomic E-state index is 10.7. The minimum Gasteiger partial charge on any atom is -0.297 e. The van der Waals surface area contributed by atoms with Crippen molar-refractivity contribution in [3.8, 4) is 0 Å². The number of hydrogen-bond acceptors (Lipinski definition) is 2. The third kappa shape index (κ3) is 2.48. The first-order valence-electron chi connectivity index (χ1n) is 2.29. The Morgan fingerprint density at radius 2 is 1.33 bits per heavy atom. The molecule has 2 nitrogen and oxygen atoms in total. The average molecular weight is 352 g/mol. The van der Waals surface area contributed by atoms with Gasteiger partial charge in [0.1, 0.15) is 0 Å². The highest BCUT2D eigenvalue weighted by atomic mass is 127. The van der Waals surface area contributed by atoms with Crippen LogP contribution in [0.1, 0.15) is 13.8 Å². The van der Waals surface area contributed by atoms with E-state index in [0.717, 1.165) is 0 Å². The summed E-state index contributed by atoms with van der Waals surface area (Å²) < 4.78 is -0.838. The Balaban J connectivity index is 4.38. The van der Waals surface area contributed by atoms with E-state index in [4.69, 9.17) is 0 Å². The molecule has 0 saturated heterocycles. The zero-order valence-corrected chi connectivity index (χ0v) is 9.39. The van der Waals surface area contributed by atoms with Crippen LogP contribution in [0.15, 0.2) is 0 Å². The Morgan fingerprint density at radius 3 is 1.33 bits per heavy atom. The van der Waals surface area contributed by atoms with Crippen molar-refractivity contribution in [2.24, 2.45) is 0 Å². The van der Waals surface area contributed by atoms with E-state index in [0.29, 0.717) is 0 Å². The normalized spacial score (nSPS) is 11.1. The molecule has 0 rings (SSSR count). The van der Waals surface area contributed by atoms with Crippen molar-refractivity contribution >= 4 is 56.7 Å². The zero-order chi connectivity index (χ0) is 7.65. The molecule has 9 heavy (non-hydrogen) atoms. The quantitative estimate of drug-likeness (QED) is 0.431. The summed E-state index contributed by atoms with van der Waals surface area (Å²) in [4.78, 5) is 21.3. The van der Waals surface area contributed by atoms with E-state index in [1.54, 1.807) is 0 Å². The summed E-state index contributed by atoms with van der Waals surface area (Å²) in [6.07, 6.45) is 0. The minimum absolute atomic E-state index is 0.101. The van der Waals surface area contributed by atoms with Gasteiger partial charge in [0, 0.05) is 0 Å². The van der Waals surface area contributed by atoms with Gasteiger partial charge in [0.05, 0.1) is 0 Å². The van der Waals surface area contributed by atoms with Gasteiger partial charge in [-0.05, 0) is 59.0 Å². The highest BCUT2D eigenvalue weighted by Crippen LogP contribution is 2.29. The summed E-state index contributed by atoms with van der Waals surface area (Å²) in [5.41, 5.74) is 0. The van der Waals surface area contributed by atoms with E-state index in [-0.39, 0.29) is 11.6 Å². The lowest BCUT2D eigenvalue weighted by Gasteiger charge is -2.10. The smallest absolute Gasteiger partial charge is 0.188 e. The standard InChI is InChI=1S/C5H6I2O2/c1-3(8)5(6,7)4(2)9/h1-2H3. The number of carbonyl (C=O) groups is 2. The largest absolute Gasteiger partial charge is 0.297 e. The summed E-state index contributed by atoms with van der Waals surface area (Å²) in [7, 11) is 0. The van der Waals surface area contributed by atoms with Crippen molar-refractivity contribution in [3.63, 3.8) is 0 Å². The number of alkyl halides is 2. The van der Waals surface area contributed by atoms with Crippen LogP contribution in [0.4, 0.5) is 0 Å². The second-order valence-corrected chi connectivity index (χ2v) is 6.99. The fraction of sp³-hybridized carbons (Fsp3) is 0.600. The van der Waals surface area contributed by atoms with Crippen LogP contribution in [0, 0.1) is 0 Å². The predicted octanol–water partition coefficient (Wildman–Crippen LogP) is 1.73.